The molecule has 2 rings (SSSR count). The number of hydrogen-bond donors (Lipinski definition) is 1. The average Bonchev–Trinajstić information content (AvgIpc) is 2.70. The standard InChI is InChI=1S/C13H26N2/c1-10(2)11-5-6-15(9-11)12-7-13(3,4)14-8-12/h10-12,14H,5-9H2,1-4H3. The van der Waals surface area contributed by atoms with Gasteiger partial charge in [-0.1, -0.05) is 13.8 Å². The van der Waals surface area contributed by atoms with Gasteiger partial charge < -0.3 is 5.32 Å². The monoisotopic (exact) mass is 210 g/mol. The van der Waals surface area contributed by atoms with E-state index in [-0.39, 0.29) is 0 Å². The van der Waals surface area contributed by atoms with E-state index in [4.69, 9.17) is 0 Å². The second kappa shape index (κ2) is 4.06. The van der Waals surface area contributed by atoms with Crippen LogP contribution >= 0.6 is 0 Å². The van der Waals surface area contributed by atoms with Crippen molar-refractivity contribution in [2.45, 2.75) is 52.1 Å². The van der Waals surface area contributed by atoms with Gasteiger partial charge in [0.1, 0.15) is 0 Å². The molecule has 2 atom stereocenters. The topological polar surface area (TPSA) is 15.3 Å². The molecule has 88 valence electrons. The van der Waals surface area contributed by atoms with Gasteiger partial charge in [0, 0.05) is 24.7 Å². The predicted molar refractivity (Wildman–Crippen MR) is 65.0 cm³/mol. The third-order valence-corrected chi connectivity index (χ3v) is 4.28. The molecule has 0 aromatic rings. The Labute approximate surface area is 94.4 Å². The molecule has 2 aliphatic rings. The molecule has 2 heterocycles. The average molecular weight is 210 g/mol. The van der Waals surface area contributed by atoms with Crippen LogP contribution in [0.5, 0.6) is 0 Å². The van der Waals surface area contributed by atoms with Crippen LogP contribution in [0.3, 0.4) is 0 Å². The zero-order valence-corrected chi connectivity index (χ0v) is 10.7. The molecule has 15 heavy (non-hydrogen) atoms. The van der Waals surface area contributed by atoms with Gasteiger partial charge in [0.15, 0.2) is 0 Å². The Balaban J connectivity index is 1.87. The molecule has 0 saturated carbocycles. The zero-order valence-electron chi connectivity index (χ0n) is 10.7. The highest BCUT2D eigenvalue weighted by atomic mass is 15.2. The van der Waals surface area contributed by atoms with Gasteiger partial charge in [0.25, 0.3) is 0 Å². The Morgan fingerprint density at radius 3 is 2.53 bits per heavy atom. The minimum absolute atomic E-state index is 0.362. The normalized spacial score (nSPS) is 36.6. The second-order valence-electron chi connectivity index (χ2n) is 6.41. The van der Waals surface area contributed by atoms with Crippen molar-refractivity contribution in [1.29, 1.82) is 0 Å². The Morgan fingerprint density at radius 2 is 2.07 bits per heavy atom. The Morgan fingerprint density at radius 1 is 1.33 bits per heavy atom. The third-order valence-electron chi connectivity index (χ3n) is 4.28. The minimum Gasteiger partial charge on any atom is -0.310 e. The largest absolute Gasteiger partial charge is 0.310 e. The lowest BCUT2D eigenvalue weighted by Crippen LogP contribution is -2.35. The maximum absolute atomic E-state index is 3.63. The first-order chi connectivity index (χ1) is 6.98. The summed E-state index contributed by atoms with van der Waals surface area (Å²) in [6.07, 6.45) is 2.73. The van der Waals surface area contributed by atoms with E-state index in [9.17, 15) is 0 Å². The highest BCUT2D eigenvalue weighted by Crippen LogP contribution is 2.29. The first-order valence-electron chi connectivity index (χ1n) is 6.47. The molecule has 2 aliphatic heterocycles. The summed E-state index contributed by atoms with van der Waals surface area (Å²) in [5, 5.41) is 3.63. The van der Waals surface area contributed by atoms with Crippen LogP contribution in [0.4, 0.5) is 0 Å². The molecule has 0 aliphatic carbocycles. The van der Waals surface area contributed by atoms with Gasteiger partial charge in [-0.2, -0.15) is 0 Å². The summed E-state index contributed by atoms with van der Waals surface area (Å²) in [5.41, 5.74) is 0.362. The lowest BCUT2D eigenvalue weighted by molar-refractivity contribution is 0.231. The molecular weight excluding hydrogens is 184 g/mol. The van der Waals surface area contributed by atoms with Crippen molar-refractivity contribution in [3.8, 4) is 0 Å². The van der Waals surface area contributed by atoms with E-state index in [0.717, 1.165) is 17.9 Å². The molecule has 0 aromatic carbocycles. The van der Waals surface area contributed by atoms with Gasteiger partial charge in [0.2, 0.25) is 0 Å². The number of rotatable bonds is 2. The van der Waals surface area contributed by atoms with Crippen LogP contribution in [0.15, 0.2) is 0 Å². The third kappa shape index (κ3) is 2.54. The van der Waals surface area contributed by atoms with Crippen molar-refractivity contribution in [3.05, 3.63) is 0 Å². The first kappa shape index (κ1) is 11.4. The molecule has 2 fully saturated rings. The number of nitrogens with one attached hydrogen (secondary N) is 1. The quantitative estimate of drug-likeness (QED) is 0.751. The molecule has 0 bridgehead atoms. The molecule has 0 spiro atoms. The second-order valence-corrected chi connectivity index (χ2v) is 6.41. The van der Waals surface area contributed by atoms with E-state index >= 15 is 0 Å². The van der Waals surface area contributed by atoms with Crippen LogP contribution in [0.1, 0.15) is 40.5 Å². The molecule has 1 N–H and O–H groups in total. The smallest absolute Gasteiger partial charge is 0.0238 e. The van der Waals surface area contributed by atoms with Gasteiger partial charge in [-0.25, -0.2) is 0 Å². The number of hydrogen-bond acceptors (Lipinski definition) is 2. The van der Waals surface area contributed by atoms with Gasteiger partial charge in [-0.05, 0) is 45.1 Å². The molecule has 0 radical (unpaired) electrons. The zero-order chi connectivity index (χ0) is 11.1. The van der Waals surface area contributed by atoms with Crippen molar-refractivity contribution in [3.63, 3.8) is 0 Å². The van der Waals surface area contributed by atoms with E-state index in [1.807, 2.05) is 0 Å². The van der Waals surface area contributed by atoms with Gasteiger partial charge in [-0.15, -0.1) is 0 Å². The molecule has 0 amide bonds. The van der Waals surface area contributed by atoms with E-state index in [2.05, 4.69) is 37.9 Å². The van der Waals surface area contributed by atoms with E-state index < -0.39 is 0 Å². The van der Waals surface area contributed by atoms with Gasteiger partial charge in [0.05, 0.1) is 0 Å². The van der Waals surface area contributed by atoms with Gasteiger partial charge >= 0.3 is 0 Å². The van der Waals surface area contributed by atoms with E-state index in [1.165, 1.54) is 32.5 Å². The van der Waals surface area contributed by atoms with Crippen LogP contribution in [-0.2, 0) is 0 Å². The van der Waals surface area contributed by atoms with E-state index in [0.29, 0.717) is 5.54 Å². The molecule has 2 unspecified atom stereocenters. The number of nitrogens with zero attached hydrogens (tertiary/aromatic N) is 1. The summed E-state index contributed by atoms with van der Waals surface area (Å²) in [6, 6.07) is 0.795. The Hall–Kier alpha value is -0.0800. The van der Waals surface area contributed by atoms with Crippen LogP contribution in [0.25, 0.3) is 0 Å². The molecule has 2 nitrogen and oxygen atoms in total. The van der Waals surface area contributed by atoms with Crippen molar-refractivity contribution in [1.82, 2.24) is 10.2 Å². The van der Waals surface area contributed by atoms with Crippen molar-refractivity contribution < 1.29 is 0 Å². The molecule has 2 heteroatoms. The van der Waals surface area contributed by atoms with Crippen LogP contribution in [0, 0.1) is 11.8 Å². The van der Waals surface area contributed by atoms with Crippen LogP contribution in [0.2, 0.25) is 0 Å². The van der Waals surface area contributed by atoms with Gasteiger partial charge in [-0.3, -0.25) is 4.90 Å². The minimum atomic E-state index is 0.362. The SMILES string of the molecule is CC(C)C1CCN(C2CNC(C)(C)C2)C1. The van der Waals surface area contributed by atoms with Crippen molar-refractivity contribution >= 4 is 0 Å². The maximum Gasteiger partial charge on any atom is 0.0238 e. The molecular formula is C13H26N2. The van der Waals surface area contributed by atoms with Crippen LogP contribution in [-0.4, -0.2) is 36.1 Å². The summed E-state index contributed by atoms with van der Waals surface area (Å²) < 4.78 is 0. The lowest BCUT2D eigenvalue weighted by Gasteiger charge is -2.25. The van der Waals surface area contributed by atoms with Crippen molar-refractivity contribution in [2.24, 2.45) is 11.8 Å². The van der Waals surface area contributed by atoms with Crippen molar-refractivity contribution in [2.75, 3.05) is 19.6 Å². The summed E-state index contributed by atoms with van der Waals surface area (Å²) in [4.78, 5) is 2.71. The molecule has 2 saturated heterocycles. The molecule has 0 aromatic heterocycles. The summed E-state index contributed by atoms with van der Waals surface area (Å²) in [6.45, 7) is 13.2. The van der Waals surface area contributed by atoms with Crippen LogP contribution < -0.4 is 5.32 Å². The summed E-state index contributed by atoms with van der Waals surface area (Å²) in [7, 11) is 0. The lowest BCUT2D eigenvalue weighted by atomic mass is 9.95. The fraction of sp³-hybridized carbons (Fsp3) is 1.00. The fourth-order valence-corrected chi connectivity index (χ4v) is 3.08. The highest BCUT2D eigenvalue weighted by molar-refractivity contribution is 4.96. The maximum atomic E-state index is 3.63. The fourth-order valence-electron chi connectivity index (χ4n) is 3.08. The summed E-state index contributed by atoms with van der Waals surface area (Å²) >= 11 is 0. The Kier molecular flexibility index (Phi) is 3.09. The Bertz CT molecular complexity index is 223. The van der Waals surface area contributed by atoms with E-state index in [1.54, 1.807) is 0 Å². The summed E-state index contributed by atoms with van der Waals surface area (Å²) in [5.74, 6) is 1.80. The first-order valence-corrected chi connectivity index (χ1v) is 6.47. The number of likely N-dealkylation sites (tertiary alicyclic amines) is 1. The highest BCUT2D eigenvalue weighted by Gasteiger charge is 2.37. The predicted octanol–water partition coefficient (Wildman–Crippen LogP) is 2.10.